The van der Waals surface area contributed by atoms with E-state index >= 15 is 0 Å². The second-order valence-corrected chi connectivity index (χ2v) is 5.23. The van der Waals surface area contributed by atoms with E-state index in [0.717, 1.165) is 17.7 Å². The van der Waals surface area contributed by atoms with Crippen LogP contribution in [0, 0.1) is 13.8 Å². The van der Waals surface area contributed by atoms with E-state index in [9.17, 15) is 0 Å². The predicted molar refractivity (Wildman–Crippen MR) is 85.0 cm³/mol. The molecule has 0 amide bonds. The van der Waals surface area contributed by atoms with Crippen LogP contribution in [0.2, 0.25) is 0 Å². The van der Waals surface area contributed by atoms with Crippen molar-refractivity contribution in [3.05, 3.63) is 71.4 Å². The fourth-order valence-corrected chi connectivity index (χ4v) is 2.63. The zero-order chi connectivity index (χ0) is 13.9. The molecule has 1 aromatic heterocycles. The zero-order valence-electron chi connectivity index (χ0n) is 11.9. The van der Waals surface area contributed by atoms with Crippen LogP contribution in [-0.4, -0.2) is 4.98 Å². The van der Waals surface area contributed by atoms with Crippen LogP contribution >= 0.6 is 0 Å². The van der Waals surface area contributed by atoms with E-state index in [1.165, 1.54) is 22.1 Å². The number of nitrogens with one attached hydrogen (secondary N) is 1. The summed E-state index contributed by atoms with van der Waals surface area (Å²) in [7, 11) is 0. The fraction of sp³-hybridized carbons (Fsp3) is 0.167. The van der Waals surface area contributed by atoms with Crippen molar-refractivity contribution >= 4 is 16.6 Å². The van der Waals surface area contributed by atoms with Gasteiger partial charge < -0.3 is 5.32 Å². The summed E-state index contributed by atoms with van der Waals surface area (Å²) in [5.74, 6) is 0. The number of hydrogen-bond acceptors (Lipinski definition) is 2. The molecule has 0 aliphatic carbocycles. The number of anilines is 1. The van der Waals surface area contributed by atoms with Gasteiger partial charge in [-0.1, -0.05) is 35.4 Å². The Labute approximate surface area is 119 Å². The van der Waals surface area contributed by atoms with Gasteiger partial charge >= 0.3 is 0 Å². The molecule has 0 fully saturated rings. The van der Waals surface area contributed by atoms with Crippen molar-refractivity contribution in [2.75, 3.05) is 5.32 Å². The van der Waals surface area contributed by atoms with Gasteiger partial charge in [-0.05, 0) is 43.7 Å². The molecule has 0 saturated carbocycles. The lowest BCUT2D eigenvalue weighted by Crippen LogP contribution is -2.01. The molecule has 1 heterocycles. The normalized spacial score (nSPS) is 10.7. The van der Waals surface area contributed by atoms with E-state index in [4.69, 9.17) is 0 Å². The highest BCUT2D eigenvalue weighted by Crippen LogP contribution is 2.22. The molecule has 100 valence electrons. The first-order chi connectivity index (χ1) is 9.72. The van der Waals surface area contributed by atoms with Gasteiger partial charge in [0.25, 0.3) is 0 Å². The standard InChI is InChI=1S/C18H18N2/c1-13-9-14(2)11-15(10-13)12-20-18-7-3-6-17-16(18)5-4-8-19-17/h3-11,20H,12H2,1-2H3. The average molecular weight is 262 g/mol. The van der Waals surface area contributed by atoms with Gasteiger partial charge in [-0.3, -0.25) is 4.98 Å². The Hall–Kier alpha value is -2.35. The number of aryl methyl sites for hydroxylation is 2. The van der Waals surface area contributed by atoms with Crippen LogP contribution in [-0.2, 0) is 6.54 Å². The van der Waals surface area contributed by atoms with Crippen LogP contribution in [0.5, 0.6) is 0 Å². The average Bonchev–Trinajstić information content (AvgIpc) is 2.44. The molecule has 0 bridgehead atoms. The van der Waals surface area contributed by atoms with Crippen molar-refractivity contribution in [1.29, 1.82) is 0 Å². The smallest absolute Gasteiger partial charge is 0.0722 e. The largest absolute Gasteiger partial charge is 0.380 e. The molecule has 20 heavy (non-hydrogen) atoms. The van der Waals surface area contributed by atoms with Crippen molar-refractivity contribution in [2.45, 2.75) is 20.4 Å². The summed E-state index contributed by atoms with van der Waals surface area (Å²) in [6.45, 7) is 5.10. The highest BCUT2D eigenvalue weighted by Gasteiger charge is 2.01. The van der Waals surface area contributed by atoms with Gasteiger partial charge in [-0.2, -0.15) is 0 Å². The molecular weight excluding hydrogens is 244 g/mol. The van der Waals surface area contributed by atoms with Crippen LogP contribution in [0.4, 0.5) is 5.69 Å². The first-order valence-electron chi connectivity index (χ1n) is 6.87. The number of hydrogen-bond donors (Lipinski definition) is 1. The van der Waals surface area contributed by atoms with Gasteiger partial charge in [0.2, 0.25) is 0 Å². The Morgan fingerprint density at radius 2 is 1.75 bits per heavy atom. The van der Waals surface area contributed by atoms with Crippen LogP contribution in [0.1, 0.15) is 16.7 Å². The fourth-order valence-electron chi connectivity index (χ4n) is 2.63. The van der Waals surface area contributed by atoms with E-state index in [-0.39, 0.29) is 0 Å². The topological polar surface area (TPSA) is 24.9 Å². The molecule has 0 saturated heterocycles. The highest BCUT2D eigenvalue weighted by atomic mass is 14.9. The summed E-state index contributed by atoms with van der Waals surface area (Å²) in [5, 5.41) is 4.68. The third-order valence-corrected chi connectivity index (χ3v) is 3.41. The zero-order valence-corrected chi connectivity index (χ0v) is 11.9. The van der Waals surface area contributed by atoms with Crippen LogP contribution in [0.3, 0.4) is 0 Å². The maximum atomic E-state index is 4.39. The molecule has 0 aliphatic rings. The molecule has 0 spiro atoms. The number of pyridine rings is 1. The van der Waals surface area contributed by atoms with Gasteiger partial charge in [0.05, 0.1) is 5.52 Å². The summed E-state index contributed by atoms with van der Waals surface area (Å²) in [5.41, 5.74) is 6.08. The van der Waals surface area contributed by atoms with E-state index in [1.807, 2.05) is 24.4 Å². The predicted octanol–water partition coefficient (Wildman–Crippen LogP) is 4.46. The van der Waals surface area contributed by atoms with Crippen molar-refractivity contribution in [1.82, 2.24) is 4.98 Å². The number of benzene rings is 2. The van der Waals surface area contributed by atoms with E-state index in [0.29, 0.717) is 0 Å². The molecule has 0 unspecified atom stereocenters. The molecule has 3 aromatic rings. The van der Waals surface area contributed by atoms with Gasteiger partial charge in [0.15, 0.2) is 0 Å². The molecule has 1 N–H and O–H groups in total. The lowest BCUT2D eigenvalue weighted by Gasteiger charge is -2.10. The van der Waals surface area contributed by atoms with Crippen molar-refractivity contribution in [2.24, 2.45) is 0 Å². The lowest BCUT2D eigenvalue weighted by molar-refractivity contribution is 1.13. The van der Waals surface area contributed by atoms with E-state index < -0.39 is 0 Å². The van der Waals surface area contributed by atoms with Gasteiger partial charge in [-0.25, -0.2) is 0 Å². The quantitative estimate of drug-likeness (QED) is 0.753. The molecule has 0 radical (unpaired) electrons. The maximum absolute atomic E-state index is 4.39. The number of nitrogens with zero attached hydrogens (tertiary/aromatic N) is 1. The van der Waals surface area contributed by atoms with E-state index in [1.54, 1.807) is 0 Å². The summed E-state index contributed by atoms with van der Waals surface area (Å²) in [6.07, 6.45) is 1.83. The molecule has 2 heteroatoms. The van der Waals surface area contributed by atoms with Gasteiger partial charge in [-0.15, -0.1) is 0 Å². The minimum atomic E-state index is 0.830. The molecule has 0 atom stereocenters. The van der Waals surface area contributed by atoms with Crippen molar-refractivity contribution in [3.63, 3.8) is 0 Å². The Bertz CT molecular complexity index is 722. The summed E-state index contributed by atoms with van der Waals surface area (Å²) in [6, 6.07) is 16.9. The molecular formula is C18H18N2. The van der Waals surface area contributed by atoms with Gasteiger partial charge in [0.1, 0.15) is 0 Å². The monoisotopic (exact) mass is 262 g/mol. The number of aromatic nitrogens is 1. The third-order valence-electron chi connectivity index (χ3n) is 3.41. The van der Waals surface area contributed by atoms with Crippen LogP contribution in [0.25, 0.3) is 10.9 Å². The first kappa shape index (κ1) is 12.7. The summed E-state index contributed by atoms with van der Waals surface area (Å²) >= 11 is 0. The van der Waals surface area contributed by atoms with Crippen molar-refractivity contribution < 1.29 is 0 Å². The Morgan fingerprint density at radius 1 is 0.950 bits per heavy atom. The molecule has 2 aromatic carbocycles. The summed E-state index contributed by atoms with van der Waals surface area (Å²) in [4.78, 5) is 4.39. The van der Waals surface area contributed by atoms with E-state index in [2.05, 4.69) is 54.5 Å². The second-order valence-electron chi connectivity index (χ2n) is 5.23. The Balaban J connectivity index is 1.87. The van der Waals surface area contributed by atoms with Crippen LogP contribution in [0.15, 0.2) is 54.7 Å². The number of fused-ring (bicyclic) bond motifs is 1. The maximum Gasteiger partial charge on any atom is 0.0722 e. The summed E-state index contributed by atoms with van der Waals surface area (Å²) < 4.78 is 0. The minimum absolute atomic E-state index is 0.830. The van der Waals surface area contributed by atoms with Gasteiger partial charge in [0, 0.05) is 23.8 Å². The first-order valence-corrected chi connectivity index (χ1v) is 6.87. The second kappa shape index (κ2) is 5.33. The Morgan fingerprint density at radius 3 is 2.55 bits per heavy atom. The van der Waals surface area contributed by atoms with Crippen LogP contribution < -0.4 is 5.32 Å². The molecule has 2 nitrogen and oxygen atoms in total. The Kier molecular flexibility index (Phi) is 3.38. The molecule has 3 rings (SSSR count). The number of rotatable bonds is 3. The van der Waals surface area contributed by atoms with Crippen molar-refractivity contribution in [3.8, 4) is 0 Å². The third kappa shape index (κ3) is 2.64. The molecule has 0 aliphatic heterocycles. The minimum Gasteiger partial charge on any atom is -0.380 e. The lowest BCUT2D eigenvalue weighted by atomic mass is 10.1. The highest BCUT2D eigenvalue weighted by molar-refractivity contribution is 5.91. The SMILES string of the molecule is Cc1cc(C)cc(CNc2cccc3ncccc23)c1.